The van der Waals surface area contributed by atoms with E-state index in [0.717, 1.165) is 12.1 Å². The number of hydrogen-bond donors (Lipinski definition) is 2. The molecule has 0 unspecified atom stereocenters. The Morgan fingerprint density at radius 1 is 1.44 bits per heavy atom. The standard InChI is InChI=1S/C11H8FNO3/c12-9-5-4-7(2-1-3-10(13)14)6-8(9)11(15)16/h4-6H,3H2,(H2,13,14)(H,15,16). The highest BCUT2D eigenvalue weighted by Gasteiger charge is 2.09. The Bertz CT molecular complexity index is 500. The number of hydrogen-bond acceptors (Lipinski definition) is 2. The third-order valence-corrected chi connectivity index (χ3v) is 1.69. The highest BCUT2D eigenvalue weighted by atomic mass is 19.1. The van der Waals surface area contributed by atoms with Crippen LogP contribution in [-0.4, -0.2) is 17.0 Å². The first kappa shape index (κ1) is 11.7. The van der Waals surface area contributed by atoms with Crippen LogP contribution in [0.3, 0.4) is 0 Å². The first-order chi connectivity index (χ1) is 7.50. The quantitative estimate of drug-likeness (QED) is 0.723. The van der Waals surface area contributed by atoms with Gasteiger partial charge in [-0.1, -0.05) is 11.8 Å². The summed E-state index contributed by atoms with van der Waals surface area (Å²) in [4.78, 5) is 21.0. The molecule has 5 heteroatoms. The second-order valence-corrected chi connectivity index (χ2v) is 2.94. The van der Waals surface area contributed by atoms with E-state index in [-0.39, 0.29) is 6.42 Å². The lowest BCUT2D eigenvalue weighted by atomic mass is 10.1. The Morgan fingerprint density at radius 2 is 2.12 bits per heavy atom. The van der Waals surface area contributed by atoms with Crippen molar-refractivity contribution in [1.82, 2.24) is 0 Å². The van der Waals surface area contributed by atoms with Gasteiger partial charge in [0.1, 0.15) is 5.82 Å². The number of rotatable bonds is 2. The first-order valence-corrected chi connectivity index (χ1v) is 4.30. The second kappa shape index (κ2) is 4.94. The maximum absolute atomic E-state index is 13.0. The zero-order valence-electron chi connectivity index (χ0n) is 8.16. The molecule has 0 radical (unpaired) electrons. The van der Waals surface area contributed by atoms with Crippen molar-refractivity contribution in [3.05, 3.63) is 35.1 Å². The third kappa shape index (κ3) is 3.10. The molecule has 0 spiro atoms. The summed E-state index contributed by atoms with van der Waals surface area (Å²) >= 11 is 0. The van der Waals surface area contributed by atoms with Crippen LogP contribution in [0.1, 0.15) is 22.3 Å². The molecule has 1 rings (SSSR count). The van der Waals surface area contributed by atoms with Crippen molar-refractivity contribution in [2.45, 2.75) is 6.42 Å². The molecule has 3 N–H and O–H groups in total. The smallest absolute Gasteiger partial charge is 0.338 e. The van der Waals surface area contributed by atoms with Crippen LogP contribution in [0.5, 0.6) is 0 Å². The van der Waals surface area contributed by atoms with E-state index in [2.05, 4.69) is 11.8 Å². The molecule has 0 aliphatic heterocycles. The highest BCUT2D eigenvalue weighted by molar-refractivity contribution is 5.88. The second-order valence-electron chi connectivity index (χ2n) is 2.94. The molecule has 0 fully saturated rings. The largest absolute Gasteiger partial charge is 0.478 e. The van der Waals surface area contributed by atoms with Crippen molar-refractivity contribution in [2.24, 2.45) is 5.73 Å². The van der Waals surface area contributed by atoms with Gasteiger partial charge in [-0.25, -0.2) is 9.18 Å². The number of nitrogens with two attached hydrogens (primary N) is 1. The molecule has 82 valence electrons. The number of carboxylic acids is 1. The summed E-state index contributed by atoms with van der Waals surface area (Å²) in [5.74, 6) is 2.20. The molecule has 16 heavy (non-hydrogen) atoms. The lowest BCUT2D eigenvalue weighted by Gasteiger charge is -1.97. The highest BCUT2D eigenvalue weighted by Crippen LogP contribution is 2.09. The van der Waals surface area contributed by atoms with E-state index in [1.54, 1.807) is 0 Å². The fraction of sp³-hybridized carbons (Fsp3) is 0.0909. The van der Waals surface area contributed by atoms with Gasteiger partial charge < -0.3 is 10.8 Å². The van der Waals surface area contributed by atoms with E-state index >= 15 is 0 Å². The van der Waals surface area contributed by atoms with Crippen molar-refractivity contribution >= 4 is 11.9 Å². The molecule has 0 bridgehead atoms. The molecule has 4 nitrogen and oxygen atoms in total. The van der Waals surface area contributed by atoms with Gasteiger partial charge in [0.05, 0.1) is 12.0 Å². The summed E-state index contributed by atoms with van der Waals surface area (Å²) in [7, 11) is 0. The van der Waals surface area contributed by atoms with Gasteiger partial charge in [0.25, 0.3) is 0 Å². The normalized spacial score (nSPS) is 9.06. The molecule has 0 aromatic heterocycles. The van der Waals surface area contributed by atoms with Gasteiger partial charge >= 0.3 is 5.97 Å². The predicted octanol–water partition coefficient (Wildman–Crippen LogP) is 0.751. The predicted molar refractivity (Wildman–Crippen MR) is 54.0 cm³/mol. The van der Waals surface area contributed by atoms with E-state index in [4.69, 9.17) is 10.8 Å². The minimum Gasteiger partial charge on any atom is -0.478 e. The van der Waals surface area contributed by atoms with E-state index < -0.39 is 23.3 Å². The summed E-state index contributed by atoms with van der Waals surface area (Å²) in [6.07, 6.45) is -0.125. The molecule has 0 atom stereocenters. The molecule has 1 aromatic rings. The summed E-state index contributed by atoms with van der Waals surface area (Å²) in [6, 6.07) is 3.44. The zero-order valence-corrected chi connectivity index (χ0v) is 8.16. The summed E-state index contributed by atoms with van der Waals surface area (Å²) in [6.45, 7) is 0. The summed E-state index contributed by atoms with van der Waals surface area (Å²) in [5.41, 5.74) is 4.73. The van der Waals surface area contributed by atoms with Gasteiger partial charge in [-0.3, -0.25) is 4.79 Å². The van der Waals surface area contributed by atoms with Gasteiger partial charge in [0.2, 0.25) is 5.91 Å². The van der Waals surface area contributed by atoms with Crippen LogP contribution in [0.2, 0.25) is 0 Å². The van der Waals surface area contributed by atoms with Gasteiger partial charge in [0, 0.05) is 5.56 Å². The van der Waals surface area contributed by atoms with E-state index in [1.165, 1.54) is 6.07 Å². The lowest BCUT2D eigenvalue weighted by Crippen LogP contribution is -2.08. The van der Waals surface area contributed by atoms with E-state index in [1.807, 2.05) is 0 Å². The zero-order chi connectivity index (χ0) is 12.1. The molecule has 0 aliphatic carbocycles. The topological polar surface area (TPSA) is 80.4 Å². The monoisotopic (exact) mass is 221 g/mol. The average molecular weight is 221 g/mol. The molecule has 1 amide bonds. The molecular weight excluding hydrogens is 213 g/mol. The van der Waals surface area contributed by atoms with Crippen molar-refractivity contribution in [3.8, 4) is 11.8 Å². The number of benzene rings is 1. The number of amides is 1. The van der Waals surface area contributed by atoms with Crippen LogP contribution in [0.4, 0.5) is 4.39 Å². The summed E-state index contributed by atoms with van der Waals surface area (Å²) < 4.78 is 13.0. The molecule has 0 aliphatic rings. The molecule has 1 aromatic carbocycles. The van der Waals surface area contributed by atoms with Crippen LogP contribution in [0.15, 0.2) is 18.2 Å². The van der Waals surface area contributed by atoms with Crippen molar-refractivity contribution < 1.29 is 19.1 Å². The molecule has 0 heterocycles. The van der Waals surface area contributed by atoms with E-state index in [9.17, 15) is 14.0 Å². The number of carbonyl (C=O) groups is 2. The number of aromatic carboxylic acids is 1. The van der Waals surface area contributed by atoms with Crippen molar-refractivity contribution in [1.29, 1.82) is 0 Å². The Balaban J connectivity index is 2.98. The molecule has 0 saturated carbocycles. The van der Waals surface area contributed by atoms with Gasteiger partial charge in [0.15, 0.2) is 0 Å². The SMILES string of the molecule is NC(=O)CC#Cc1ccc(F)c(C(=O)O)c1. The van der Waals surface area contributed by atoms with Crippen molar-refractivity contribution in [3.63, 3.8) is 0 Å². The van der Waals surface area contributed by atoms with Crippen LogP contribution >= 0.6 is 0 Å². The average Bonchev–Trinajstić information content (AvgIpc) is 2.19. The minimum atomic E-state index is -1.36. The number of halogens is 1. The number of carboxylic acid groups (broad SMARTS) is 1. The Labute approximate surface area is 90.9 Å². The molecular formula is C11H8FNO3. The van der Waals surface area contributed by atoms with Crippen LogP contribution in [-0.2, 0) is 4.79 Å². The van der Waals surface area contributed by atoms with Crippen molar-refractivity contribution in [2.75, 3.05) is 0 Å². The third-order valence-electron chi connectivity index (χ3n) is 1.69. The number of carbonyl (C=O) groups excluding carboxylic acids is 1. The Morgan fingerprint density at radius 3 is 2.69 bits per heavy atom. The summed E-state index contributed by atoms with van der Waals surface area (Å²) in [5, 5.41) is 8.64. The Kier molecular flexibility index (Phi) is 3.62. The maximum Gasteiger partial charge on any atom is 0.338 e. The van der Waals surface area contributed by atoms with Gasteiger partial charge in [-0.2, -0.15) is 0 Å². The van der Waals surface area contributed by atoms with Gasteiger partial charge in [-0.15, -0.1) is 0 Å². The first-order valence-electron chi connectivity index (χ1n) is 4.30. The maximum atomic E-state index is 13.0. The van der Waals surface area contributed by atoms with Gasteiger partial charge in [-0.05, 0) is 18.2 Å². The Hall–Kier alpha value is -2.35. The molecule has 0 saturated heterocycles. The van der Waals surface area contributed by atoms with Crippen LogP contribution in [0, 0.1) is 17.7 Å². The van der Waals surface area contributed by atoms with Crippen LogP contribution in [0.25, 0.3) is 0 Å². The fourth-order valence-corrected chi connectivity index (χ4v) is 1.00. The minimum absolute atomic E-state index is 0.125. The number of primary amides is 1. The lowest BCUT2D eigenvalue weighted by molar-refractivity contribution is -0.117. The fourth-order valence-electron chi connectivity index (χ4n) is 1.00. The van der Waals surface area contributed by atoms with E-state index in [0.29, 0.717) is 5.56 Å². The van der Waals surface area contributed by atoms with Crippen LogP contribution < -0.4 is 5.73 Å².